The van der Waals surface area contributed by atoms with Gasteiger partial charge in [0.25, 0.3) is 0 Å². The highest BCUT2D eigenvalue weighted by molar-refractivity contribution is 7.12. The van der Waals surface area contributed by atoms with Gasteiger partial charge < -0.3 is 13.9 Å². The van der Waals surface area contributed by atoms with E-state index in [1.807, 2.05) is 35.7 Å². The molecule has 3 aromatic rings. The quantitative estimate of drug-likeness (QED) is 0.529. The zero-order valence-corrected chi connectivity index (χ0v) is 17.1. The molecular weight excluding hydrogens is 404 g/mol. The summed E-state index contributed by atoms with van der Waals surface area (Å²) in [5.74, 6) is -0.0638. The van der Waals surface area contributed by atoms with Crippen LogP contribution in [0.5, 0.6) is 5.75 Å². The van der Waals surface area contributed by atoms with Gasteiger partial charge in [-0.05, 0) is 36.6 Å². The van der Waals surface area contributed by atoms with Crippen molar-refractivity contribution in [1.82, 2.24) is 5.01 Å². The van der Waals surface area contributed by atoms with Gasteiger partial charge in [0.15, 0.2) is 12.4 Å². The van der Waals surface area contributed by atoms with Gasteiger partial charge in [-0.3, -0.25) is 4.79 Å². The molecule has 8 heteroatoms. The Morgan fingerprint density at radius 3 is 2.80 bits per heavy atom. The molecule has 0 saturated heterocycles. The third-order valence-electron chi connectivity index (χ3n) is 4.58. The van der Waals surface area contributed by atoms with Crippen LogP contribution >= 0.6 is 11.3 Å². The second kappa shape index (κ2) is 8.96. The molecule has 0 N–H and O–H groups in total. The van der Waals surface area contributed by atoms with Gasteiger partial charge in [0.05, 0.1) is 29.5 Å². The van der Waals surface area contributed by atoms with E-state index < -0.39 is 12.0 Å². The van der Waals surface area contributed by atoms with Gasteiger partial charge >= 0.3 is 11.9 Å². The molecule has 0 bridgehead atoms. The lowest BCUT2D eigenvalue weighted by Gasteiger charge is -2.23. The fourth-order valence-electron chi connectivity index (χ4n) is 3.27. The van der Waals surface area contributed by atoms with Gasteiger partial charge in [-0.2, -0.15) is 5.10 Å². The van der Waals surface area contributed by atoms with Crippen molar-refractivity contribution >= 4 is 28.9 Å². The first-order chi connectivity index (χ1) is 14.7. The average molecular weight is 424 g/mol. The summed E-state index contributed by atoms with van der Waals surface area (Å²) in [6.07, 6.45) is 1.98. The monoisotopic (exact) mass is 424 g/mol. The normalized spacial score (nSPS) is 15.7. The number of ether oxygens (including phenoxy) is 2. The first-order valence-electron chi connectivity index (χ1n) is 9.53. The van der Waals surface area contributed by atoms with Crippen molar-refractivity contribution in [2.24, 2.45) is 5.10 Å². The molecule has 0 fully saturated rings. The Morgan fingerprint density at radius 2 is 2.07 bits per heavy atom. The van der Waals surface area contributed by atoms with Crippen LogP contribution in [0.3, 0.4) is 0 Å². The number of furan rings is 1. The number of nitrogens with zero attached hydrogens (tertiary/aromatic N) is 2. The number of para-hydroxylation sites is 1. The molecule has 1 aliphatic rings. The fourth-order valence-corrected chi connectivity index (χ4v) is 3.99. The molecule has 3 heterocycles. The lowest BCUT2D eigenvalue weighted by atomic mass is 10.00. The van der Waals surface area contributed by atoms with Crippen molar-refractivity contribution in [3.8, 4) is 5.75 Å². The molecule has 4 rings (SSSR count). The molecule has 7 nitrogen and oxygen atoms in total. The molecule has 0 unspecified atom stereocenters. The van der Waals surface area contributed by atoms with Gasteiger partial charge in [-0.25, -0.2) is 9.80 Å². The third-order valence-corrected chi connectivity index (χ3v) is 5.50. The van der Waals surface area contributed by atoms with E-state index in [1.54, 1.807) is 36.5 Å². The summed E-state index contributed by atoms with van der Waals surface area (Å²) in [7, 11) is 0. The van der Waals surface area contributed by atoms with E-state index >= 15 is 0 Å². The zero-order valence-electron chi connectivity index (χ0n) is 16.3. The summed E-state index contributed by atoms with van der Waals surface area (Å²) in [5.41, 5.74) is 1.58. The van der Waals surface area contributed by atoms with Gasteiger partial charge in [-0.1, -0.05) is 24.3 Å². The number of amides is 1. The lowest BCUT2D eigenvalue weighted by Crippen LogP contribution is -2.27. The topological polar surface area (TPSA) is 81.3 Å². The van der Waals surface area contributed by atoms with E-state index in [2.05, 4.69) is 5.10 Å². The van der Waals surface area contributed by atoms with E-state index in [0.717, 1.165) is 16.2 Å². The Hall–Kier alpha value is -3.39. The van der Waals surface area contributed by atoms with Crippen molar-refractivity contribution in [2.45, 2.75) is 19.4 Å². The van der Waals surface area contributed by atoms with E-state index in [1.165, 1.54) is 11.3 Å². The van der Waals surface area contributed by atoms with Crippen molar-refractivity contribution in [1.29, 1.82) is 0 Å². The molecule has 1 amide bonds. The molecular formula is C22H20N2O5S. The van der Waals surface area contributed by atoms with Gasteiger partial charge in [0.2, 0.25) is 0 Å². The van der Waals surface area contributed by atoms with Crippen molar-refractivity contribution < 1.29 is 23.5 Å². The number of thiophene rings is 1. The highest BCUT2D eigenvalue weighted by Gasteiger charge is 2.36. The van der Waals surface area contributed by atoms with Crippen LogP contribution in [0.15, 0.2) is 69.7 Å². The largest absolute Gasteiger partial charge is 0.482 e. The average Bonchev–Trinajstić information content (AvgIpc) is 3.53. The number of esters is 1. The van der Waals surface area contributed by atoms with Crippen LogP contribution < -0.4 is 4.74 Å². The molecule has 1 aromatic carbocycles. The zero-order chi connectivity index (χ0) is 20.9. The fraction of sp³-hybridized carbons (Fsp3) is 0.227. The van der Waals surface area contributed by atoms with Gasteiger partial charge in [0, 0.05) is 12.0 Å². The summed E-state index contributed by atoms with van der Waals surface area (Å²) in [6, 6.07) is 14.1. The molecule has 154 valence electrons. The number of rotatable bonds is 7. The standard InChI is InChI=1S/C22H20N2O5S/c1-2-27-21(25)14-29-18-8-4-3-7-15(18)17-13-16(20-10-6-12-30-20)23-24(17)22(26)19-9-5-11-28-19/h3-12,17H,2,13-14H2,1H3/t17-/m0/s1. The molecule has 30 heavy (non-hydrogen) atoms. The molecule has 0 spiro atoms. The van der Waals surface area contributed by atoms with Crippen LogP contribution in [0, 0.1) is 0 Å². The van der Waals surface area contributed by atoms with Gasteiger partial charge in [-0.15, -0.1) is 11.3 Å². The Morgan fingerprint density at radius 1 is 1.20 bits per heavy atom. The first kappa shape index (κ1) is 19.9. The molecule has 0 aliphatic carbocycles. The van der Waals surface area contributed by atoms with Crippen LogP contribution in [0.4, 0.5) is 0 Å². The van der Waals surface area contributed by atoms with Crippen LogP contribution in [0.25, 0.3) is 0 Å². The molecule has 1 aliphatic heterocycles. The highest BCUT2D eigenvalue weighted by atomic mass is 32.1. The second-order valence-electron chi connectivity index (χ2n) is 6.50. The van der Waals surface area contributed by atoms with Crippen molar-refractivity contribution in [3.05, 3.63) is 76.4 Å². The summed E-state index contributed by atoms with van der Waals surface area (Å²) in [5, 5.41) is 8.02. The number of benzene rings is 1. The van der Waals surface area contributed by atoms with E-state index in [4.69, 9.17) is 13.9 Å². The summed E-state index contributed by atoms with van der Waals surface area (Å²) in [6.45, 7) is 1.82. The minimum Gasteiger partial charge on any atom is -0.482 e. The maximum atomic E-state index is 13.1. The highest BCUT2D eigenvalue weighted by Crippen LogP contribution is 2.38. The van der Waals surface area contributed by atoms with Crippen LogP contribution in [-0.2, 0) is 9.53 Å². The number of carbonyl (C=O) groups excluding carboxylic acids is 2. The Bertz CT molecular complexity index is 1040. The van der Waals surface area contributed by atoms with E-state index in [0.29, 0.717) is 12.2 Å². The Kier molecular flexibility index (Phi) is 5.94. The minimum absolute atomic E-state index is 0.206. The van der Waals surface area contributed by atoms with E-state index in [9.17, 15) is 9.59 Å². The SMILES string of the molecule is CCOC(=O)COc1ccccc1[C@@H]1CC(c2cccs2)=NN1C(=O)c1ccco1. The summed E-state index contributed by atoms with van der Waals surface area (Å²) >= 11 is 1.57. The van der Waals surface area contributed by atoms with Crippen LogP contribution in [-0.4, -0.2) is 35.8 Å². The predicted molar refractivity (Wildman–Crippen MR) is 112 cm³/mol. The second-order valence-corrected chi connectivity index (χ2v) is 7.45. The molecule has 0 radical (unpaired) electrons. The van der Waals surface area contributed by atoms with Crippen LogP contribution in [0.2, 0.25) is 0 Å². The lowest BCUT2D eigenvalue weighted by molar-refractivity contribution is -0.145. The predicted octanol–water partition coefficient (Wildman–Crippen LogP) is 4.27. The Labute approximate surface area is 177 Å². The number of hydrazone groups is 1. The number of hydrogen-bond acceptors (Lipinski definition) is 7. The van der Waals surface area contributed by atoms with Crippen LogP contribution in [0.1, 0.15) is 40.4 Å². The molecule has 1 atom stereocenters. The summed E-state index contributed by atoms with van der Waals surface area (Å²) in [4.78, 5) is 25.8. The first-order valence-corrected chi connectivity index (χ1v) is 10.4. The van der Waals surface area contributed by atoms with Crippen molar-refractivity contribution in [3.63, 3.8) is 0 Å². The Balaban J connectivity index is 1.65. The van der Waals surface area contributed by atoms with Crippen molar-refractivity contribution in [2.75, 3.05) is 13.2 Å². The molecule has 2 aromatic heterocycles. The summed E-state index contributed by atoms with van der Waals surface area (Å²) < 4.78 is 16.0. The maximum Gasteiger partial charge on any atom is 0.344 e. The van der Waals surface area contributed by atoms with E-state index in [-0.39, 0.29) is 24.9 Å². The number of carbonyl (C=O) groups is 2. The van der Waals surface area contributed by atoms with Gasteiger partial charge in [0.1, 0.15) is 5.75 Å². The third kappa shape index (κ3) is 4.13. The maximum absolute atomic E-state index is 13.1. The molecule has 0 saturated carbocycles. The smallest absolute Gasteiger partial charge is 0.344 e. The number of hydrogen-bond donors (Lipinski definition) is 0. The minimum atomic E-state index is -0.447.